The molecule has 0 heterocycles. The molecule has 0 unspecified atom stereocenters. The minimum atomic E-state index is -0.261. The Hall–Kier alpha value is -2.65. The molecule has 0 atom stereocenters. The SMILES string of the molecule is Cc1ccc(N=Cc2ccc(OCc3ccccc3F)cc2)cc1Cl. The molecule has 0 N–H and O–H groups in total. The highest BCUT2D eigenvalue weighted by Gasteiger charge is 2.02. The third-order valence-electron chi connectivity index (χ3n) is 3.75. The standard InChI is InChI=1S/C21H17ClFNO/c1-15-6-9-18(12-20(15)22)24-13-16-7-10-19(11-8-16)25-14-17-4-2-3-5-21(17)23/h2-13H,14H2,1H3. The van der Waals surface area contributed by atoms with Crippen molar-refractivity contribution in [2.45, 2.75) is 13.5 Å². The van der Waals surface area contributed by atoms with Crippen LogP contribution in [0.15, 0.2) is 71.7 Å². The zero-order valence-corrected chi connectivity index (χ0v) is 14.5. The summed E-state index contributed by atoms with van der Waals surface area (Å²) in [5, 5.41) is 0.701. The van der Waals surface area contributed by atoms with Crippen LogP contribution in [0.4, 0.5) is 10.1 Å². The monoisotopic (exact) mass is 353 g/mol. The molecule has 0 radical (unpaired) electrons. The fourth-order valence-corrected chi connectivity index (χ4v) is 2.41. The molecule has 0 fully saturated rings. The lowest BCUT2D eigenvalue weighted by molar-refractivity contribution is 0.300. The van der Waals surface area contributed by atoms with E-state index in [0.717, 1.165) is 16.8 Å². The molecule has 0 spiro atoms. The maximum absolute atomic E-state index is 13.6. The molecule has 0 bridgehead atoms. The minimum absolute atomic E-state index is 0.196. The van der Waals surface area contributed by atoms with Gasteiger partial charge in [-0.25, -0.2) is 4.39 Å². The Labute approximate surface area is 151 Å². The first-order chi connectivity index (χ1) is 12.1. The van der Waals surface area contributed by atoms with Crippen molar-refractivity contribution in [2.75, 3.05) is 0 Å². The molecule has 3 rings (SSSR count). The van der Waals surface area contributed by atoms with Crippen molar-refractivity contribution in [1.29, 1.82) is 0 Å². The van der Waals surface area contributed by atoms with Gasteiger partial charge in [-0.15, -0.1) is 0 Å². The highest BCUT2D eigenvalue weighted by atomic mass is 35.5. The lowest BCUT2D eigenvalue weighted by Gasteiger charge is -2.07. The second-order valence-corrected chi connectivity index (χ2v) is 6.05. The maximum atomic E-state index is 13.6. The Kier molecular flexibility index (Phi) is 5.46. The van der Waals surface area contributed by atoms with Crippen molar-refractivity contribution in [3.8, 4) is 5.75 Å². The Balaban J connectivity index is 1.63. The number of ether oxygens (including phenoxy) is 1. The predicted octanol–water partition coefficient (Wildman–Crippen LogP) is 6.12. The lowest BCUT2D eigenvalue weighted by atomic mass is 10.2. The van der Waals surface area contributed by atoms with Crippen LogP contribution in [-0.2, 0) is 6.61 Å². The van der Waals surface area contributed by atoms with E-state index in [0.29, 0.717) is 16.3 Å². The van der Waals surface area contributed by atoms with E-state index in [1.54, 1.807) is 24.4 Å². The number of benzene rings is 3. The van der Waals surface area contributed by atoms with Crippen molar-refractivity contribution in [2.24, 2.45) is 4.99 Å². The molecule has 25 heavy (non-hydrogen) atoms. The van der Waals surface area contributed by atoms with Crippen molar-refractivity contribution in [3.63, 3.8) is 0 Å². The summed E-state index contributed by atoms with van der Waals surface area (Å²) in [4.78, 5) is 4.41. The zero-order valence-electron chi connectivity index (χ0n) is 13.7. The zero-order chi connectivity index (χ0) is 17.6. The molecular formula is C21H17ClFNO. The van der Waals surface area contributed by atoms with Crippen LogP contribution >= 0.6 is 11.6 Å². The number of hydrogen-bond donors (Lipinski definition) is 0. The van der Waals surface area contributed by atoms with E-state index in [9.17, 15) is 4.39 Å². The molecule has 0 aromatic heterocycles. The molecule has 0 saturated heterocycles. The minimum Gasteiger partial charge on any atom is -0.489 e. The molecule has 0 aliphatic rings. The summed E-state index contributed by atoms with van der Waals surface area (Å²) in [5.74, 6) is 0.418. The third-order valence-corrected chi connectivity index (χ3v) is 4.16. The number of rotatable bonds is 5. The van der Waals surface area contributed by atoms with Crippen molar-refractivity contribution in [1.82, 2.24) is 0 Å². The number of nitrogens with zero attached hydrogens (tertiary/aromatic N) is 1. The van der Waals surface area contributed by atoms with Crippen LogP contribution in [0.3, 0.4) is 0 Å². The van der Waals surface area contributed by atoms with Gasteiger partial charge in [-0.2, -0.15) is 0 Å². The third kappa shape index (κ3) is 4.68. The van der Waals surface area contributed by atoms with Crippen molar-refractivity contribution >= 4 is 23.5 Å². The van der Waals surface area contributed by atoms with Gasteiger partial charge in [-0.05, 0) is 60.5 Å². The van der Waals surface area contributed by atoms with E-state index in [2.05, 4.69) is 4.99 Å². The first kappa shape index (κ1) is 17.2. The maximum Gasteiger partial charge on any atom is 0.129 e. The molecule has 126 valence electrons. The van der Waals surface area contributed by atoms with Gasteiger partial charge in [0.05, 0.1) is 5.69 Å². The van der Waals surface area contributed by atoms with Gasteiger partial charge in [0.15, 0.2) is 0 Å². The normalized spacial score (nSPS) is 11.0. The summed E-state index contributed by atoms with van der Waals surface area (Å²) in [6.07, 6.45) is 1.77. The summed E-state index contributed by atoms with van der Waals surface area (Å²) < 4.78 is 19.2. The van der Waals surface area contributed by atoms with Crippen molar-refractivity contribution in [3.05, 3.63) is 94.3 Å². The second-order valence-electron chi connectivity index (χ2n) is 5.64. The number of hydrogen-bond acceptors (Lipinski definition) is 2. The highest BCUT2D eigenvalue weighted by Crippen LogP contribution is 2.22. The molecule has 4 heteroatoms. The molecular weight excluding hydrogens is 337 g/mol. The van der Waals surface area contributed by atoms with Crippen LogP contribution < -0.4 is 4.74 Å². The largest absolute Gasteiger partial charge is 0.489 e. The topological polar surface area (TPSA) is 21.6 Å². The van der Waals surface area contributed by atoms with E-state index in [1.165, 1.54) is 6.07 Å². The van der Waals surface area contributed by atoms with Gasteiger partial charge in [0.25, 0.3) is 0 Å². The molecule has 2 nitrogen and oxygen atoms in total. The lowest BCUT2D eigenvalue weighted by Crippen LogP contribution is -1.98. The Bertz CT molecular complexity index is 891. The van der Waals surface area contributed by atoms with Crippen LogP contribution in [0.5, 0.6) is 5.75 Å². The number of halogens is 2. The van der Waals surface area contributed by atoms with Crippen LogP contribution in [0.1, 0.15) is 16.7 Å². The summed E-state index contributed by atoms with van der Waals surface area (Å²) in [5.41, 5.74) is 3.30. The quantitative estimate of drug-likeness (QED) is 0.506. The van der Waals surface area contributed by atoms with Gasteiger partial charge in [0, 0.05) is 16.8 Å². The van der Waals surface area contributed by atoms with Gasteiger partial charge >= 0.3 is 0 Å². The molecule has 3 aromatic carbocycles. The molecule has 3 aromatic rings. The fourth-order valence-electron chi connectivity index (χ4n) is 2.24. The summed E-state index contributed by atoms with van der Waals surface area (Å²) in [7, 11) is 0. The van der Waals surface area contributed by atoms with Gasteiger partial charge in [0.2, 0.25) is 0 Å². The van der Waals surface area contributed by atoms with Crippen LogP contribution in [0.25, 0.3) is 0 Å². The Morgan fingerprint density at radius 1 is 1.04 bits per heavy atom. The van der Waals surface area contributed by atoms with E-state index >= 15 is 0 Å². The summed E-state index contributed by atoms with van der Waals surface area (Å²) in [6, 6.07) is 19.8. The molecule has 0 aliphatic carbocycles. The summed E-state index contributed by atoms with van der Waals surface area (Å²) in [6.45, 7) is 2.15. The van der Waals surface area contributed by atoms with Gasteiger partial charge in [-0.1, -0.05) is 35.9 Å². The number of aliphatic imine (C=N–C) groups is 1. The van der Waals surface area contributed by atoms with E-state index in [1.807, 2.05) is 49.4 Å². The van der Waals surface area contributed by atoms with Crippen molar-refractivity contribution < 1.29 is 9.13 Å². The Morgan fingerprint density at radius 3 is 2.52 bits per heavy atom. The van der Waals surface area contributed by atoms with E-state index in [4.69, 9.17) is 16.3 Å². The Morgan fingerprint density at radius 2 is 1.80 bits per heavy atom. The average molecular weight is 354 g/mol. The predicted molar refractivity (Wildman–Crippen MR) is 101 cm³/mol. The van der Waals surface area contributed by atoms with Gasteiger partial charge in [-0.3, -0.25) is 4.99 Å². The summed E-state index contributed by atoms with van der Waals surface area (Å²) >= 11 is 6.10. The molecule has 0 saturated carbocycles. The first-order valence-corrected chi connectivity index (χ1v) is 8.26. The van der Waals surface area contributed by atoms with Gasteiger partial charge < -0.3 is 4.74 Å². The number of aryl methyl sites for hydroxylation is 1. The molecule has 0 amide bonds. The average Bonchev–Trinajstić information content (AvgIpc) is 2.63. The fraction of sp³-hybridized carbons (Fsp3) is 0.0952. The second kappa shape index (κ2) is 7.95. The van der Waals surface area contributed by atoms with Crippen LogP contribution in [0.2, 0.25) is 5.02 Å². The van der Waals surface area contributed by atoms with Crippen LogP contribution in [0, 0.1) is 12.7 Å². The molecule has 0 aliphatic heterocycles. The van der Waals surface area contributed by atoms with E-state index in [-0.39, 0.29) is 12.4 Å². The van der Waals surface area contributed by atoms with Gasteiger partial charge in [0.1, 0.15) is 18.2 Å². The first-order valence-electron chi connectivity index (χ1n) is 7.88. The van der Waals surface area contributed by atoms with E-state index < -0.39 is 0 Å². The highest BCUT2D eigenvalue weighted by molar-refractivity contribution is 6.31. The smallest absolute Gasteiger partial charge is 0.129 e. The van der Waals surface area contributed by atoms with Crippen LogP contribution in [-0.4, -0.2) is 6.21 Å².